The summed E-state index contributed by atoms with van der Waals surface area (Å²) in [4.78, 5) is 15.8. The third-order valence-electron chi connectivity index (χ3n) is 4.49. The minimum absolute atomic E-state index is 0.0297. The number of hydrogen-bond acceptors (Lipinski definition) is 4. The van der Waals surface area contributed by atoms with Crippen LogP contribution in [-0.2, 0) is 11.3 Å². The molecule has 0 spiro atoms. The lowest BCUT2D eigenvalue weighted by atomic mass is 9.96. The van der Waals surface area contributed by atoms with E-state index in [0.717, 1.165) is 48.1 Å². The summed E-state index contributed by atoms with van der Waals surface area (Å²) < 4.78 is 0. The van der Waals surface area contributed by atoms with E-state index in [1.165, 1.54) is 5.56 Å². The number of likely N-dealkylation sites (tertiary alicyclic amines) is 1. The Morgan fingerprint density at radius 1 is 1.28 bits per heavy atom. The van der Waals surface area contributed by atoms with Crippen LogP contribution in [0.15, 0.2) is 46.9 Å². The molecule has 0 saturated carbocycles. The Balaban J connectivity index is 1.46. The van der Waals surface area contributed by atoms with Gasteiger partial charge in [0.15, 0.2) is 0 Å². The molecule has 1 amide bonds. The van der Waals surface area contributed by atoms with Gasteiger partial charge in [-0.2, -0.15) is 5.10 Å². The van der Waals surface area contributed by atoms with Crippen molar-refractivity contribution in [3.8, 4) is 0 Å². The molecular formula is C19H22ClN3OS. The number of hydrogen-bond donors (Lipinski definition) is 1. The van der Waals surface area contributed by atoms with Gasteiger partial charge < -0.3 is 0 Å². The molecule has 1 aliphatic rings. The fraction of sp³-hybridized carbons (Fsp3) is 0.368. The van der Waals surface area contributed by atoms with Crippen LogP contribution in [0, 0.1) is 5.92 Å². The first-order valence-electron chi connectivity index (χ1n) is 8.46. The van der Waals surface area contributed by atoms with Crippen LogP contribution in [-0.4, -0.2) is 29.6 Å². The van der Waals surface area contributed by atoms with Gasteiger partial charge in [0, 0.05) is 22.4 Å². The molecule has 0 radical (unpaired) electrons. The smallest absolute Gasteiger partial charge is 0.243 e. The standard InChI is InChI=1S/C19H22ClN3OS/c1-14(18-3-2-12-25-18)21-22-19(24)16-8-10-23(11-9-16)13-15-4-6-17(20)7-5-15/h2-7,12,16H,8-11,13H2,1H3,(H,22,24)/b21-14+. The summed E-state index contributed by atoms with van der Waals surface area (Å²) in [6, 6.07) is 11.9. The van der Waals surface area contributed by atoms with Gasteiger partial charge in [0.25, 0.3) is 0 Å². The largest absolute Gasteiger partial charge is 0.299 e. The summed E-state index contributed by atoms with van der Waals surface area (Å²) >= 11 is 7.55. The van der Waals surface area contributed by atoms with Crippen LogP contribution in [0.25, 0.3) is 0 Å². The van der Waals surface area contributed by atoms with Crippen molar-refractivity contribution in [1.29, 1.82) is 0 Å². The first-order chi connectivity index (χ1) is 12.1. The number of carbonyl (C=O) groups excluding carboxylic acids is 1. The van der Waals surface area contributed by atoms with Crippen molar-refractivity contribution in [3.63, 3.8) is 0 Å². The van der Waals surface area contributed by atoms with Crippen LogP contribution < -0.4 is 5.43 Å². The Labute approximate surface area is 157 Å². The lowest BCUT2D eigenvalue weighted by Crippen LogP contribution is -2.39. The van der Waals surface area contributed by atoms with E-state index >= 15 is 0 Å². The molecule has 1 aromatic heterocycles. The van der Waals surface area contributed by atoms with Crippen molar-refractivity contribution in [3.05, 3.63) is 57.2 Å². The maximum Gasteiger partial charge on any atom is 0.243 e. The van der Waals surface area contributed by atoms with E-state index in [4.69, 9.17) is 11.6 Å². The molecule has 1 aliphatic heterocycles. The molecule has 4 nitrogen and oxygen atoms in total. The number of rotatable bonds is 5. The Kier molecular flexibility index (Phi) is 6.24. The summed E-state index contributed by atoms with van der Waals surface area (Å²) in [6.45, 7) is 4.67. The van der Waals surface area contributed by atoms with E-state index in [9.17, 15) is 4.79 Å². The summed E-state index contributed by atoms with van der Waals surface area (Å²) in [7, 11) is 0. The van der Waals surface area contributed by atoms with Crippen molar-refractivity contribution in [1.82, 2.24) is 10.3 Å². The second-order valence-corrected chi connectivity index (χ2v) is 7.71. The zero-order valence-corrected chi connectivity index (χ0v) is 15.8. The fourth-order valence-corrected chi connectivity index (χ4v) is 3.77. The van der Waals surface area contributed by atoms with Crippen LogP contribution in [0.3, 0.4) is 0 Å². The Morgan fingerprint density at radius 2 is 2.00 bits per heavy atom. The maximum absolute atomic E-state index is 12.3. The quantitative estimate of drug-likeness (QED) is 0.630. The van der Waals surface area contributed by atoms with Crippen LogP contribution >= 0.6 is 22.9 Å². The Hall–Kier alpha value is -1.69. The number of benzene rings is 1. The summed E-state index contributed by atoms with van der Waals surface area (Å²) in [6.07, 6.45) is 1.74. The van der Waals surface area contributed by atoms with E-state index < -0.39 is 0 Å². The number of piperidine rings is 1. The van der Waals surface area contributed by atoms with Gasteiger partial charge in [0.05, 0.1) is 5.71 Å². The molecule has 0 unspecified atom stereocenters. The number of nitrogens with zero attached hydrogens (tertiary/aromatic N) is 2. The molecule has 1 fully saturated rings. The van der Waals surface area contributed by atoms with E-state index in [-0.39, 0.29) is 11.8 Å². The van der Waals surface area contributed by atoms with E-state index in [2.05, 4.69) is 27.6 Å². The van der Waals surface area contributed by atoms with Gasteiger partial charge in [0.1, 0.15) is 0 Å². The van der Waals surface area contributed by atoms with Crippen molar-refractivity contribution < 1.29 is 4.79 Å². The van der Waals surface area contributed by atoms with Crippen molar-refractivity contribution >= 4 is 34.6 Å². The van der Waals surface area contributed by atoms with E-state index in [0.29, 0.717) is 0 Å². The molecule has 1 N–H and O–H groups in total. The maximum atomic E-state index is 12.3. The summed E-state index contributed by atoms with van der Waals surface area (Å²) in [5.41, 5.74) is 4.84. The predicted octanol–water partition coefficient (Wildman–Crippen LogP) is 4.15. The predicted molar refractivity (Wildman–Crippen MR) is 104 cm³/mol. The molecule has 132 valence electrons. The highest BCUT2D eigenvalue weighted by atomic mass is 35.5. The molecule has 2 heterocycles. The van der Waals surface area contributed by atoms with Crippen molar-refractivity contribution in [2.24, 2.45) is 11.0 Å². The lowest BCUT2D eigenvalue weighted by Gasteiger charge is -2.30. The molecule has 1 saturated heterocycles. The van der Waals surface area contributed by atoms with Gasteiger partial charge in [-0.15, -0.1) is 11.3 Å². The monoisotopic (exact) mass is 375 g/mol. The number of halogens is 1. The van der Waals surface area contributed by atoms with Gasteiger partial charge in [-0.05, 0) is 62.0 Å². The van der Waals surface area contributed by atoms with Crippen molar-refractivity contribution in [2.75, 3.05) is 13.1 Å². The highest BCUT2D eigenvalue weighted by molar-refractivity contribution is 7.12. The second kappa shape index (κ2) is 8.61. The second-order valence-electron chi connectivity index (χ2n) is 6.33. The summed E-state index contributed by atoms with van der Waals surface area (Å²) in [5, 5.41) is 7.01. The van der Waals surface area contributed by atoms with Gasteiger partial charge in [-0.1, -0.05) is 29.8 Å². The third kappa shape index (κ3) is 5.14. The lowest BCUT2D eigenvalue weighted by molar-refractivity contribution is -0.126. The first kappa shape index (κ1) is 18.1. The molecule has 25 heavy (non-hydrogen) atoms. The van der Waals surface area contributed by atoms with Crippen LogP contribution in [0.4, 0.5) is 0 Å². The fourth-order valence-electron chi connectivity index (χ4n) is 2.97. The van der Waals surface area contributed by atoms with E-state index in [1.54, 1.807) is 11.3 Å². The molecule has 0 bridgehead atoms. The van der Waals surface area contributed by atoms with Crippen LogP contribution in [0.2, 0.25) is 5.02 Å². The number of carbonyl (C=O) groups is 1. The van der Waals surface area contributed by atoms with Gasteiger partial charge in [-0.25, -0.2) is 5.43 Å². The van der Waals surface area contributed by atoms with Crippen molar-refractivity contribution in [2.45, 2.75) is 26.3 Å². The Bertz CT molecular complexity index is 720. The Morgan fingerprint density at radius 3 is 2.64 bits per heavy atom. The zero-order valence-electron chi connectivity index (χ0n) is 14.2. The van der Waals surface area contributed by atoms with E-state index in [1.807, 2.05) is 36.6 Å². The topological polar surface area (TPSA) is 44.7 Å². The zero-order chi connectivity index (χ0) is 17.6. The minimum atomic E-state index is 0.0297. The van der Waals surface area contributed by atoms with Crippen LogP contribution in [0.1, 0.15) is 30.2 Å². The molecule has 1 aromatic carbocycles. The summed E-state index contributed by atoms with van der Waals surface area (Å²) in [5.74, 6) is 0.0726. The molecule has 0 aliphatic carbocycles. The highest BCUT2D eigenvalue weighted by Crippen LogP contribution is 2.20. The third-order valence-corrected chi connectivity index (χ3v) is 5.72. The van der Waals surface area contributed by atoms with Crippen LogP contribution in [0.5, 0.6) is 0 Å². The number of hydrazone groups is 1. The first-order valence-corrected chi connectivity index (χ1v) is 9.72. The number of thiophene rings is 1. The SMILES string of the molecule is C/C(=N\NC(=O)C1CCN(Cc2ccc(Cl)cc2)CC1)c1cccs1. The van der Waals surface area contributed by atoms with Gasteiger partial charge >= 0.3 is 0 Å². The molecular weight excluding hydrogens is 354 g/mol. The minimum Gasteiger partial charge on any atom is -0.299 e. The molecule has 6 heteroatoms. The number of nitrogens with one attached hydrogen (secondary N) is 1. The highest BCUT2D eigenvalue weighted by Gasteiger charge is 2.24. The van der Waals surface area contributed by atoms with Gasteiger partial charge in [0.2, 0.25) is 5.91 Å². The molecule has 3 rings (SSSR count). The normalized spacial score (nSPS) is 16.8. The molecule has 0 atom stereocenters. The van der Waals surface area contributed by atoms with Gasteiger partial charge in [-0.3, -0.25) is 9.69 Å². The molecule has 2 aromatic rings. The average molecular weight is 376 g/mol. The average Bonchev–Trinajstić information content (AvgIpc) is 3.17. The number of amides is 1.